The van der Waals surface area contributed by atoms with Gasteiger partial charge in [0.25, 0.3) is 0 Å². The molecule has 0 saturated carbocycles. The summed E-state index contributed by atoms with van der Waals surface area (Å²) in [5.74, 6) is 2.22. The minimum Gasteiger partial charge on any atom is -0.324 e. The van der Waals surface area contributed by atoms with Gasteiger partial charge in [-0.15, -0.1) is 0 Å². The maximum absolute atomic E-state index is 5.16. The van der Waals surface area contributed by atoms with Gasteiger partial charge in [0.1, 0.15) is 33.6 Å². The minimum atomic E-state index is -0.326. The number of hydrogen-bond acceptors (Lipinski definition) is 5. The number of hydrogen-bond donors (Lipinski definition) is 3. The van der Waals surface area contributed by atoms with Gasteiger partial charge in [-0.05, 0) is 6.42 Å². The van der Waals surface area contributed by atoms with Crippen molar-refractivity contribution in [1.82, 2.24) is 15.0 Å². The van der Waals surface area contributed by atoms with Crippen LogP contribution in [0.25, 0.3) is 32.3 Å². The summed E-state index contributed by atoms with van der Waals surface area (Å²) in [6, 6.07) is 24.6. The van der Waals surface area contributed by atoms with Gasteiger partial charge >= 0.3 is 0 Å². The molecule has 2 aliphatic heterocycles. The fourth-order valence-corrected chi connectivity index (χ4v) is 6.08. The first-order chi connectivity index (χ1) is 19.8. The summed E-state index contributed by atoms with van der Waals surface area (Å²) in [6.07, 6.45) is 7.13. The van der Waals surface area contributed by atoms with E-state index in [-0.39, 0.29) is 12.1 Å². The van der Waals surface area contributed by atoms with Crippen LogP contribution in [0.1, 0.15) is 6.42 Å². The fourth-order valence-electron chi connectivity index (χ4n) is 6.08. The topological polar surface area (TPSA) is 109 Å². The molecular formula is C32H22N8. The van der Waals surface area contributed by atoms with Crippen molar-refractivity contribution in [3.05, 3.63) is 119 Å². The normalized spacial score (nSPS) is 19.4. The predicted molar refractivity (Wildman–Crippen MR) is 155 cm³/mol. The first-order valence-corrected chi connectivity index (χ1v) is 13.4. The lowest BCUT2D eigenvalue weighted by molar-refractivity contribution is 0.605. The summed E-state index contributed by atoms with van der Waals surface area (Å²) in [4.78, 5) is 36.0. The molecule has 2 unspecified atom stereocenters. The number of H-pyrrole nitrogens is 3. The molecule has 5 heterocycles. The lowest BCUT2D eigenvalue weighted by Gasteiger charge is -2.14. The number of aromatic nitrogens is 3. The van der Waals surface area contributed by atoms with Crippen molar-refractivity contribution in [2.75, 3.05) is 0 Å². The molecule has 3 aliphatic rings. The van der Waals surface area contributed by atoms with E-state index in [1.807, 2.05) is 36.4 Å². The third-order valence-electron chi connectivity index (χ3n) is 7.96. The van der Waals surface area contributed by atoms with Gasteiger partial charge in [0.15, 0.2) is 12.0 Å². The van der Waals surface area contributed by atoms with Crippen LogP contribution in [0, 0.1) is 5.92 Å². The number of amidine groups is 1. The van der Waals surface area contributed by atoms with E-state index in [0.29, 0.717) is 5.84 Å². The number of benzene rings is 3. The van der Waals surface area contributed by atoms with Crippen LogP contribution >= 0.6 is 0 Å². The van der Waals surface area contributed by atoms with Crippen LogP contribution in [-0.4, -0.2) is 27.0 Å². The quantitative estimate of drug-likeness (QED) is 0.246. The molecule has 3 aromatic carbocycles. The van der Waals surface area contributed by atoms with Gasteiger partial charge in [0.2, 0.25) is 0 Å². The van der Waals surface area contributed by atoms with Gasteiger partial charge in [0.05, 0.1) is 0 Å². The number of aromatic amines is 3. The van der Waals surface area contributed by atoms with E-state index >= 15 is 0 Å². The number of allylic oxidation sites excluding steroid dienone is 2. The highest BCUT2D eigenvalue weighted by Crippen LogP contribution is 2.34. The van der Waals surface area contributed by atoms with Gasteiger partial charge in [-0.25, -0.2) is 25.0 Å². The van der Waals surface area contributed by atoms with Crippen molar-refractivity contribution in [1.29, 1.82) is 0 Å². The molecule has 3 aromatic heterocycles. The number of fused-ring (bicyclic) bond motifs is 19. The molecule has 9 rings (SSSR count). The molecule has 190 valence electrons. The van der Waals surface area contributed by atoms with E-state index in [1.54, 1.807) is 0 Å². The van der Waals surface area contributed by atoms with E-state index in [4.69, 9.17) is 25.0 Å². The molecule has 3 N–H and O–H groups in total. The highest BCUT2D eigenvalue weighted by Gasteiger charge is 2.33. The van der Waals surface area contributed by atoms with Crippen LogP contribution < -0.4 is 22.0 Å². The second-order valence-electron chi connectivity index (χ2n) is 10.3. The zero-order valence-electron chi connectivity index (χ0n) is 21.3. The number of rotatable bonds is 0. The van der Waals surface area contributed by atoms with Crippen molar-refractivity contribution in [3.8, 4) is 0 Å². The Labute approximate surface area is 226 Å². The largest absolute Gasteiger partial charge is 0.324 e. The summed E-state index contributed by atoms with van der Waals surface area (Å²) in [5.41, 5.74) is 4.10. The zero-order valence-corrected chi connectivity index (χ0v) is 21.3. The van der Waals surface area contributed by atoms with Crippen LogP contribution in [0.15, 0.2) is 122 Å². The summed E-state index contributed by atoms with van der Waals surface area (Å²) in [5, 5.41) is 6.00. The van der Waals surface area contributed by atoms with Crippen molar-refractivity contribution in [2.45, 2.75) is 12.6 Å². The van der Waals surface area contributed by atoms with Gasteiger partial charge < -0.3 is 15.0 Å². The monoisotopic (exact) mass is 518 g/mol. The van der Waals surface area contributed by atoms with Crippen LogP contribution in [0.2, 0.25) is 0 Å². The molecule has 0 saturated heterocycles. The maximum Gasteiger partial charge on any atom is 0.155 e. The average molecular weight is 519 g/mol. The van der Waals surface area contributed by atoms with Crippen LogP contribution in [0.5, 0.6) is 0 Å². The van der Waals surface area contributed by atoms with Crippen LogP contribution in [-0.2, 0) is 0 Å². The molecule has 8 nitrogen and oxygen atoms in total. The lowest BCUT2D eigenvalue weighted by Crippen LogP contribution is -2.19. The summed E-state index contributed by atoms with van der Waals surface area (Å²) in [7, 11) is 0. The SMILES string of the molecule is C1=CC2C(=CC1)C1=NC2N=c2[nH]c(c3ccccc23)=Nc2[nH]c(c3ccccc23)N=c2[nH]c(c3ccccc23)=N1. The van der Waals surface area contributed by atoms with Crippen molar-refractivity contribution in [3.63, 3.8) is 0 Å². The Balaban J connectivity index is 1.45. The fraction of sp³-hybridized carbons (Fsp3) is 0.0938. The zero-order chi connectivity index (χ0) is 26.2. The molecule has 8 heteroatoms. The Morgan fingerprint density at radius 2 is 1.07 bits per heavy atom. The summed E-state index contributed by atoms with van der Waals surface area (Å²) in [6.45, 7) is 0. The second-order valence-corrected chi connectivity index (χ2v) is 10.3. The Kier molecular flexibility index (Phi) is 4.35. The maximum atomic E-state index is 5.16. The highest BCUT2D eigenvalue weighted by molar-refractivity contribution is 6.03. The van der Waals surface area contributed by atoms with Crippen molar-refractivity contribution < 1.29 is 0 Å². The Bertz CT molecular complexity index is 2380. The summed E-state index contributed by atoms with van der Waals surface area (Å²) >= 11 is 0. The van der Waals surface area contributed by atoms with Gasteiger partial charge in [-0.3, -0.25) is 0 Å². The first kappa shape index (κ1) is 21.6. The standard InChI is InChI=1S/C32H22N8/c1-2-10-18-17(9-1)25-33-26(18)38-28-21-13-5-6-14-22(21)30(35-28)40-32-24-16-8-7-15-23(24)31(36-32)39-29-20-12-4-3-11-19(20)27(34-29)37-25/h1-7,9-16,23,31,33H,8H2,(H,34,37,39)(H,35,36,38,40). The second kappa shape index (κ2) is 8.07. The van der Waals surface area contributed by atoms with E-state index in [2.05, 4.69) is 69.6 Å². The van der Waals surface area contributed by atoms with Crippen LogP contribution in [0.3, 0.4) is 0 Å². The van der Waals surface area contributed by atoms with E-state index in [0.717, 1.165) is 77.9 Å². The Morgan fingerprint density at radius 1 is 0.550 bits per heavy atom. The molecule has 0 radical (unpaired) electrons. The van der Waals surface area contributed by atoms with E-state index in [9.17, 15) is 0 Å². The van der Waals surface area contributed by atoms with Gasteiger partial charge in [0, 0.05) is 43.8 Å². The predicted octanol–water partition coefficient (Wildman–Crippen LogP) is 4.53. The molecule has 2 atom stereocenters. The van der Waals surface area contributed by atoms with Crippen molar-refractivity contribution in [2.24, 2.45) is 30.9 Å². The van der Waals surface area contributed by atoms with Crippen LogP contribution in [0.4, 0.5) is 11.6 Å². The lowest BCUT2D eigenvalue weighted by atomic mass is 9.93. The number of aliphatic imine (C=N–C) groups is 1. The number of nitrogens with one attached hydrogen (secondary N) is 3. The van der Waals surface area contributed by atoms with E-state index < -0.39 is 0 Å². The van der Waals surface area contributed by atoms with Gasteiger partial charge in [-0.2, -0.15) is 0 Å². The molecule has 40 heavy (non-hydrogen) atoms. The summed E-state index contributed by atoms with van der Waals surface area (Å²) < 4.78 is 0. The molecule has 1 aliphatic carbocycles. The molecule has 0 fully saturated rings. The van der Waals surface area contributed by atoms with Gasteiger partial charge in [-0.1, -0.05) is 91.0 Å². The Morgan fingerprint density at radius 3 is 1.70 bits per heavy atom. The number of nitrogens with zero attached hydrogens (tertiary/aromatic N) is 5. The third kappa shape index (κ3) is 3.10. The minimum absolute atomic E-state index is 0.0329. The Hall–Kier alpha value is -5.37. The molecule has 0 spiro atoms. The molecule has 6 aromatic rings. The first-order valence-electron chi connectivity index (χ1n) is 13.4. The molecule has 0 amide bonds. The average Bonchev–Trinajstić information content (AvgIpc) is 3.73. The van der Waals surface area contributed by atoms with E-state index in [1.165, 1.54) is 0 Å². The van der Waals surface area contributed by atoms with Crippen molar-refractivity contribution >= 4 is 49.8 Å². The highest BCUT2D eigenvalue weighted by atomic mass is 15.1. The molecule has 8 bridgehead atoms. The third-order valence-corrected chi connectivity index (χ3v) is 7.96. The smallest absolute Gasteiger partial charge is 0.155 e. The molecular weight excluding hydrogens is 496 g/mol.